The lowest BCUT2D eigenvalue weighted by Crippen LogP contribution is -2.30. The van der Waals surface area contributed by atoms with Crippen LogP contribution in [0.15, 0.2) is 85.3 Å². The molecule has 5 heteroatoms. The Balaban J connectivity index is 1.36. The number of carbonyl (C=O) groups is 1. The first kappa shape index (κ1) is 17.4. The molecule has 3 aromatic carbocycles. The molecular weight excluding hydrogens is 365 g/mol. The van der Waals surface area contributed by atoms with Crippen LogP contribution in [0.1, 0.15) is 22.0 Å². The summed E-state index contributed by atoms with van der Waals surface area (Å²) in [6.45, 7) is 0.472. The van der Waals surface area contributed by atoms with Crippen LogP contribution < -0.4 is 5.32 Å². The predicted molar refractivity (Wildman–Crippen MR) is 110 cm³/mol. The van der Waals surface area contributed by atoms with Gasteiger partial charge in [0.2, 0.25) is 0 Å². The Bertz CT molecular complexity index is 1200. The van der Waals surface area contributed by atoms with E-state index in [-0.39, 0.29) is 17.8 Å². The summed E-state index contributed by atoms with van der Waals surface area (Å²) in [5, 5.41) is 3.05. The van der Waals surface area contributed by atoms with Gasteiger partial charge in [-0.3, -0.25) is 4.79 Å². The molecule has 1 N–H and O–H groups in total. The summed E-state index contributed by atoms with van der Waals surface area (Å²) < 4.78 is 15.3. The van der Waals surface area contributed by atoms with E-state index in [1.54, 1.807) is 24.5 Å². The van der Waals surface area contributed by atoms with Crippen molar-refractivity contribution in [2.45, 2.75) is 6.04 Å². The highest BCUT2D eigenvalue weighted by Crippen LogP contribution is 2.38. The van der Waals surface area contributed by atoms with E-state index in [2.05, 4.69) is 27.0 Å². The Morgan fingerprint density at radius 3 is 2.69 bits per heavy atom. The second-order valence-corrected chi connectivity index (χ2v) is 7.09. The summed E-state index contributed by atoms with van der Waals surface area (Å²) in [5.41, 5.74) is 5.73. The molecule has 1 amide bonds. The van der Waals surface area contributed by atoms with E-state index in [4.69, 9.17) is 0 Å². The topological polar surface area (TPSA) is 46.9 Å². The van der Waals surface area contributed by atoms with E-state index in [0.29, 0.717) is 12.1 Å². The molecule has 4 aromatic rings. The number of fused-ring (bicyclic) bond motifs is 3. The van der Waals surface area contributed by atoms with Crippen LogP contribution in [0.2, 0.25) is 0 Å². The van der Waals surface area contributed by atoms with Crippen LogP contribution in [0.5, 0.6) is 0 Å². The van der Waals surface area contributed by atoms with Crippen LogP contribution in [-0.2, 0) is 0 Å². The number of benzene rings is 3. The van der Waals surface area contributed by atoms with Gasteiger partial charge in [0.1, 0.15) is 5.82 Å². The predicted octanol–water partition coefficient (Wildman–Crippen LogP) is 4.69. The maximum absolute atomic E-state index is 13.2. The molecule has 0 bridgehead atoms. The van der Waals surface area contributed by atoms with E-state index in [0.717, 1.165) is 22.4 Å². The molecule has 0 spiro atoms. The number of nitrogens with zero attached hydrogens (tertiary/aromatic N) is 2. The summed E-state index contributed by atoms with van der Waals surface area (Å²) in [6.07, 6.45) is 3.66. The first-order valence-corrected chi connectivity index (χ1v) is 9.46. The maximum Gasteiger partial charge on any atom is 0.251 e. The zero-order valence-electron chi connectivity index (χ0n) is 15.5. The van der Waals surface area contributed by atoms with Gasteiger partial charge in [-0.25, -0.2) is 9.37 Å². The summed E-state index contributed by atoms with van der Waals surface area (Å²) in [6, 6.07) is 21.8. The Labute approximate surface area is 167 Å². The standard InChI is InChI=1S/C24H18FN3O/c25-19-10-8-16(9-11-19)17-4-3-5-18(12-17)24(29)27-14-23-21-7-2-1-6-20(21)22-13-26-15-28(22)23/h1-13,15,23H,14H2,(H,27,29)/t23-/m0/s1. The molecule has 1 atom stereocenters. The first-order chi connectivity index (χ1) is 14.2. The monoisotopic (exact) mass is 383 g/mol. The van der Waals surface area contributed by atoms with Crippen molar-refractivity contribution in [3.05, 3.63) is 102 Å². The molecule has 1 aliphatic heterocycles. The molecule has 4 nitrogen and oxygen atoms in total. The molecule has 0 saturated carbocycles. The minimum absolute atomic E-state index is 0.0212. The molecule has 0 saturated heterocycles. The van der Waals surface area contributed by atoms with Crippen molar-refractivity contribution < 1.29 is 9.18 Å². The van der Waals surface area contributed by atoms with Crippen molar-refractivity contribution in [3.63, 3.8) is 0 Å². The highest BCUT2D eigenvalue weighted by atomic mass is 19.1. The summed E-state index contributed by atoms with van der Waals surface area (Å²) in [5.74, 6) is -0.418. The quantitative estimate of drug-likeness (QED) is 0.556. The van der Waals surface area contributed by atoms with Gasteiger partial charge in [-0.15, -0.1) is 0 Å². The fraction of sp³-hybridized carbons (Fsp3) is 0.0833. The number of carbonyl (C=O) groups excluding carboxylic acids is 1. The van der Waals surface area contributed by atoms with E-state index < -0.39 is 0 Å². The Hall–Kier alpha value is -3.73. The van der Waals surface area contributed by atoms with Gasteiger partial charge < -0.3 is 9.88 Å². The fourth-order valence-electron chi connectivity index (χ4n) is 3.91. The number of rotatable bonds is 4. The second kappa shape index (κ2) is 7.02. The van der Waals surface area contributed by atoms with Crippen LogP contribution in [0.25, 0.3) is 22.4 Å². The van der Waals surface area contributed by atoms with Crippen LogP contribution in [0.4, 0.5) is 4.39 Å². The normalized spacial score (nSPS) is 14.3. The zero-order chi connectivity index (χ0) is 19.8. The van der Waals surface area contributed by atoms with Crippen molar-refractivity contribution in [1.29, 1.82) is 0 Å². The van der Waals surface area contributed by atoms with Crippen molar-refractivity contribution in [3.8, 4) is 22.4 Å². The van der Waals surface area contributed by atoms with E-state index in [9.17, 15) is 9.18 Å². The van der Waals surface area contributed by atoms with Crippen molar-refractivity contribution in [2.75, 3.05) is 6.54 Å². The minimum atomic E-state index is -0.279. The first-order valence-electron chi connectivity index (χ1n) is 9.46. The van der Waals surface area contributed by atoms with Gasteiger partial charge in [0.05, 0.1) is 24.3 Å². The van der Waals surface area contributed by atoms with Crippen LogP contribution >= 0.6 is 0 Å². The summed E-state index contributed by atoms with van der Waals surface area (Å²) in [4.78, 5) is 17.1. The van der Waals surface area contributed by atoms with Gasteiger partial charge >= 0.3 is 0 Å². The van der Waals surface area contributed by atoms with E-state index in [1.807, 2.05) is 36.5 Å². The van der Waals surface area contributed by atoms with Crippen LogP contribution in [0, 0.1) is 5.82 Å². The van der Waals surface area contributed by atoms with Gasteiger partial charge in [0.25, 0.3) is 5.91 Å². The molecule has 0 radical (unpaired) electrons. The van der Waals surface area contributed by atoms with E-state index >= 15 is 0 Å². The zero-order valence-corrected chi connectivity index (χ0v) is 15.5. The number of amides is 1. The summed E-state index contributed by atoms with van der Waals surface area (Å²) in [7, 11) is 0. The molecule has 0 fully saturated rings. The molecule has 142 valence electrons. The van der Waals surface area contributed by atoms with Crippen molar-refractivity contribution in [1.82, 2.24) is 14.9 Å². The maximum atomic E-state index is 13.2. The Morgan fingerprint density at radius 2 is 1.83 bits per heavy atom. The highest BCUT2D eigenvalue weighted by molar-refractivity contribution is 5.95. The van der Waals surface area contributed by atoms with Gasteiger partial charge in [-0.2, -0.15) is 0 Å². The average molecular weight is 383 g/mol. The lowest BCUT2D eigenvalue weighted by atomic mass is 10.0. The fourth-order valence-corrected chi connectivity index (χ4v) is 3.91. The Morgan fingerprint density at radius 1 is 1.00 bits per heavy atom. The van der Waals surface area contributed by atoms with Crippen LogP contribution in [-0.4, -0.2) is 22.0 Å². The average Bonchev–Trinajstić information content (AvgIpc) is 3.34. The third-order valence-corrected chi connectivity index (χ3v) is 5.36. The van der Waals surface area contributed by atoms with Gasteiger partial charge in [-0.1, -0.05) is 48.5 Å². The number of imidazole rings is 1. The molecule has 1 aliphatic rings. The lowest BCUT2D eigenvalue weighted by molar-refractivity contribution is 0.0950. The van der Waals surface area contributed by atoms with Gasteiger partial charge in [-0.05, 0) is 41.0 Å². The number of hydrogen-bond acceptors (Lipinski definition) is 2. The molecule has 5 rings (SSSR count). The second-order valence-electron chi connectivity index (χ2n) is 7.09. The molecular formula is C24H18FN3O. The summed E-state index contributed by atoms with van der Waals surface area (Å²) >= 11 is 0. The SMILES string of the molecule is O=C(NC[C@H]1c2ccccc2-c2cncn21)c1cccc(-c2ccc(F)cc2)c1. The molecule has 0 aliphatic carbocycles. The number of nitrogens with one attached hydrogen (secondary N) is 1. The molecule has 0 unspecified atom stereocenters. The molecule has 29 heavy (non-hydrogen) atoms. The minimum Gasteiger partial charge on any atom is -0.350 e. The Kier molecular flexibility index (Phi) is 4.21. The molecule has 1 aromatic heterocycles. The number of halogens is 1. The molecule has 2 heterocycles. The highest BCUT2D eigenvalue weighted by Gasteiger charge is 2.28. The number of aromatic nitrogens is 2. The lowest BCUT2D eigenvalue weighted by Gasteiger charge is -2.16. The van der Waals surface area contributed by atoms with E-state index in [1.165, 1.54) is 17.7 Å². The van der Waals surface area contributed by atoms with Crippen LogP contribution in [0.3, 0.4) is 0 Å². The largest absolute Gasteiger partial charge is 0.350 e. The van der Waals surface area contributed by atoms with Gasteiger partial charge in [0, 0.05) is 17.7 Å². The van der Waals surface area contributed by atoms with Gasteiger partial charge in [0.15, 0.2) is 0 Å². The smallest absolute Gasteiger partial charge is 0.251 e. The number of hydrogen-bond donors (Lipinski definition) is 1. The third kappa shape index (κ3) is 3.10. The third-order valence-electron chi connectivity index (χ3n) is 5.36. The van der Waals surface area contributed by atoms with Crippen molar-refractivity contribution >= 4 is 5.91 Å². The van der Waals surface area contributed by atoms with Crippen molar-refractivity contribution in [2.24, 2.45) is 0 Å².